The monoisotopic (exact) mass is 906 g/mol. The third-order valence-corrected chi connectivity index (χ3v) is 12.8. The molecule has 2 heterocycles. The molecule has 1 aliphatic carbocycles. The molecule has 2 aliphatic heterocycles. The van der Waals surface area contributed by atoms with Gasteiger partial charge in [-0.2, -0.15) is 74.6 Å². The Morgan fingerprint density at radius 2 is 0.754 bits per heavy atom. The zero-order valence-electron chi connectivity index (χ0n) is 34.0. The Bertz CT molecular complexity index is 1900. The molecule has 0 saturated carbocycles. The van der Waals surface area contributed by atoms with Gasteiger partial charge >= 0.3 is 61.9 Å². The maximum absolute atomic E-state index is 15.7. The molecule has 0 aromatic heterocycles. The van der Waals surface area contributed by atoms with Crippen molar-refractivity contribution in [1.82, 2.24) is 0 Å². The summed E-state index contributed by atoms with van der Waals surface area (Å²) in [5.74, 6) is -56.9. The highest BCUT2D eigenvalue weighted by atomic mass is 19.4. The lowest BCUT2D eigenvalue weighted by molar-refractivity contribution is -0.461. The van der Waals surface area contributed by atoms with Crippen molar-refractivity contribution in [3.63, 3.8) is 0 Å². The van der Waals surface area contributed by atoms with Gasteiger partial charge in [0.2, 0.25) is 0 Å². The van der Waals surface area contributed by atoms with Crippen LogP contribution in [0.3, 0.4) is 0 Å². The summed E-state index contributed by atoms with van der Waals surface area (Å²) in [6.45, 7) is 15.1. The molecule has 61 heavy (non-hydrogen) atoms. The van der Waals surface area contributed by atoms with Crippen molar-refractivity contribution >= 4 is 25.2 Å². The minimum atomic E-state index is -8.71. The van der Waals surface area contributed by atoms with Gasteiger partial charge in [-0.3, -0.25) is 0 Å². The first-order valence-corrected chi connectivity index (χ1v) is 18.8. The minimum Gasteiger partial charge on any atom is -0.399 e. The average Bonchev–Trinajstić information content (AvgIpc) is 3.60. The second-order valence-corrected chi connectivity index (χ2v) is 17.8. The maximum Gasteiger partial charge on any atom is 0.494 e. The summed E-state index contributed by atoms with van der Waals surface area (Å²) in [6.07, 6.45) is -12.1. The second kappa shape index (κ2) is 14.1. The van der Waals surface area contributed by atoms with Crippen molar-refractivity contribution < 1.29 is 93.3 Å². The van der Waals surface area contributed by atoms with Crippen molar-refractivity contribution in [2.45, 2.75) is 163 Å². The van der Waals surface area contributed by atoms with Crippen LogP contribution in [0.1, 0.15) is 99.1 Å². The number of alkyl halides is 17. The fourth-order valence-corrected chi connectivity index (χ4v) is 7.60. The summed E-state index contributed by atoms with van der Waals surface area (Å²) in [5, 5.41) is 0. The molecular formula is C38H41B2F17O4. The summed E-state index contributed by atoms with van der Waals surface area (Å²) in [6, 6.07) is 8.90. The smallest absolute Gasteiger partial charge is 0.399 e. The summed E-state index contributed by atoms with van der Waals surface area (Å²) in [4.78, 5) is 0. The lowest BCUT2D eigenvalue weighted by Crippen LogP contribution is -2.74. The summed E-state index contributed by atoms with van der Waals surface area (Å²) in [7, 11) is -2.26. The Labute approximate surface area is 340 Å². The molecule has 0 N–H and O–H groups in total. The van der Waals surface area contributed by atoms with Crippen LogP contribution in [0, 0.1) is 0 Å². The fourth-order valence-electron chi connectivity index (χ4n) is 7.60. The van der Waals surface area contributed by atoms with Gasteiger partial charge in [-0.1, -0.05) is 49.7 Å². The van der Waals surface area contributed by atoms with E-state index in [9.17, 15) is 57.1 Å². The third-order valence-electron chi connectivity index (χ3n) is 12.8. The molecule has 3 aliphatic rings. The predicted octanol–water partition coefficient (Wildman–Crippen LogP) is 11.1. The van der Waals surface area contributed by atoms with Crippen LogP contribution in [-0.2, 0) is 24.0 Å². The van der Waals surface area contributed by atoms with Gasteiger partial charge in [-0.05, 0) is 101 Å². The van der Waals surface area contributed by atoms with E-state index in [1.165, 1.54) is 31.2 Å². The first-order chi connectivity index (χ1) is 27.1. The molecule has 0 amide bonds. The van der Waals surface area contributed by atoms with Crippen LogP contribution in [-0.4, -0.2) is 84.3 Å². The number of halogens is 17. The van der Waals surface area contributed by atoms with Gasteiger partial charge in [0, 0.05) is 11.8 Å². The summed E-state index contributed by atoms with van der Waals surface area (Å²) >= 11 is 0. The van der Waals surface area contributed by atoms with Crippen LogP contribution in [0.15, 0.2) is 36.4 Å². The van der Waals surface area contributed by atoms with Gasteiger partial charge < -0.3 is 18.6 Å². The van der Waals surface area contributed by atoms with E-state index in [0.29, 0.717) is 0 Å². The van der Waals surface area contributed by atoms with E-state index in [-0.39, 0.29) is 46.0 Å². The highest BCUT2D eigenvalue weighted by molar-refractivity contribution is 6.62. The fraction of sp³-hybridized carbons (Fsp3) is 0.684. The molecule has 0 spiro atoms. The number of rotatable bonds is 13. The Morgan fingerprint density at radius 3 is 1.07 bits per heavy atom. The Kier molecular flexibility index (Phi) is 11.4. The SMILES string of the molecule is CCCC1(CCC(F)(F)C(F)(F)C(F)(F)C(F)(F)C(F)(F)C(F)(F)C(F)(F)C(F)(F)F)c2cc(B3OC(C)(C)C(C)(C)O3)ccc2-c2ccc(B3OC(C)(C)C(C)(C)O3)cc21. The third kappa shape index (κ3) is 6.88. The van der Waals surface area contributed by atoms with Crippen LogP contribution in [0.25, 0.3) is 11.1 Å². The molecule has 2 aromatic rings. The number of hydrogen-bond donors (Lipinski definition) is 0. The molecule has 2 saturated heterocycles. The molecule has 2 fully saturated rings. The zero-order chi connectivity index (χ0) is 47.0. The molecule has 0 radical (unpaired) electrons. The van der Waals surface area contributed by atoms with Crippen molar-refractivity contribution in [1.29, 1.82) is 0 Å². The predicted molar refractivity (Wildman–Crippen MR) is 189 cm³/mol. The van der Waals surface area contributed by atoms with E-state index in [1.807, 2.05) is 0 Å². The zero-order valence-corrected chi connectivity index (χ0v) is 34.0. The number of benzene rings is 2. The Morgan fingerprint density at radius 1 is 0.443 bits per heavy atom. The first kappa shape index (κ1) is 49.2. The van der Waals surface area contributed by atoms with E-state index in [4.69, 9.17) is 18.6 Å². The molecule has 0 unspecified atom stereocenters. The topological polar surface area (TPSA) is 36.9 Å². The Balaban J connectivity index is 1.63. The summed E-state index contributed by atoms with van der Waals surface area (Å²) < 4.78 is 267. The Hall–Kier alpha value is -2.78. The average molecular weight is 906 g/mol. The number of hydrogen-bond acceptors (Lipinski definition) is 4. The lowest BCUT2D eigenvalue weighted by Gasteiger charge is -2.43. The van der Waals surface area contributed by atoms with Crippen molar-refractivity contribution in [3.05, 3.63) is 47.5 Å². The maximum atomic E-state index is 15.7. The molecule has 23 heteroatoms. The molecule has 0 atom stereocenters. The highest BCUT2D eigenvalue weighted by Gasteiger charge is 2.95. The van der Waals surface area contributed by atoms with Crippen molar-refractivity contribution in [2.75, 3.05) is 0 Å². The van der Waals surface area contributed by atoms with Crippen LogP contribution < -0.4 is 10.9 Å². The van der Waals surface area contributed by atoms with E-state index in [2.05, 4.69) is 0 Å². The van der Waals surface area contributed by atoms with E-state index >= 15 is 17.6 Å². The van der Waals surface area contributed by atoms with Gasteiger partial charge in [-0.15, -0.1) is 0 Å². The number of fused-ring (bicyclic) bond motifs is 3. The van der Waals surface area contributed by atoms with Crippen LogP contribution in [0.5, 0.6) is 0 Å². The van der Waals surface area contributed by atoms with Gasteiger partial charge in [0.15, 0.2) is 0 Å². The normalized spacial score (nSPS) is 21.5. The highest BCUT2D eigenvalue weighted by Crippen LogP contribution is 2.65. The first-order valence-electron chi connectivity index (χ1n) is 18.8. The van der Waals surface area contributed by atoms with Gasteiger partial charge in [0.05, 0.1) is 22.4 Å². The molecule has 2 aromatic carbocycles. The lowest BCUT2D eigenvalue weighted by atomic mass is 9.67. The van der Waals surface area contributed by atoms with E-state index in [1.54, 1.807) is 67.5 Å². The van der Waals surface area contributed by atoms with Gasteiger partial charge in [0.25, 0.3) is 0 Å². The standard InChI is InChI=1S/C38H41B2F17O4/c1-10-15-30(16-17-31(41,42)32(43,44)33(45,46)34(47,48)35(49,50)36(51,52)37(53,54)38(55,56)57)24-18-20(39-58-26(2,3)27(4,5)59-39)11-13-22(24)23-14-12-21(19-25(23)30)40-60-28(6,7)29(8,9)61-40/h11-14,18-19H,10,15-17H2,1-9H3. The van der Waals surface area contributed by atoms with Gasteiger partial charge in [0.1, 0.15) is 0 Å². The van der Waals surface area contributed by atoms with Gasteiger partial charge in [-0.25, -0.2) is 0 Å². The molecule has 5 rings (SSSR count). The van der Waals surface area contributed by atoms with Crippen LogP contribution in [0.4, 0.5) is 74.6 Å². The van der Waals surface area contributed by atoms with Crippen LogP contribution in [0.2, 0.25) is 0 Å². The van der Waals surface area contributed by atoms with E-state index in [0.717, 1.165) is 0 Å². The van der Waals surface area contributed by atoms with Crippen molar-refractivity contribution in [2.24, 2.45) is 0 Å². The quantitative estimate of drug-likeness (QED) is 0.148. The second-order valence-electron chi connectivity index (χ2n) is 17.8. The summed E-state index contributed by atoms with van der Waals surface area (Å²) in [5.41, 5.74) is -4.44. The van der Waals surface area contributed by atoms with Crippen LogP contribution >= 0.6 is 0 Å². The largest absolute Gasteiger partial charge is 0.494 e. The van der Waals surface area contributed by atoms with E-state index < -0.39 is 103 Å². The molecule has 4 nitrogen and oxygen atoms in total. The molecular weight excluding hydrogens is 865 g/mol. The molecule has 342 valence electrons. The minimum absolute atomic E-state index is 0.0191. The molecule has 0 bridgehead atoms. The van der Waals surface area contributed by atoms with Crippen molar-refractivity contribution in [3.8, 4) is 11.1 Å².